The second-order valence-electron chi connectivity index (χ2n) is 5.81. The number of esters is 1. The van der Waals surface area contributed by atoms with Crippen molar-refractivity contribution < 1.29 is 32.3 Å². The smallest absolute Gasteiger partial charge is 0.452 e. The van der Waals surface area contributed by atoms with Crippen molar-refractivity contribution in [2.75, 3.05) is 11.9 Å². The van der Waals surface area contributed by atoms with Crippen molar-refractivity contribution in [3.05, 3.63) is 65.7 Å². The lowest BCUT2D eigenvalue weighted by molar-refractivity contribution is -0.167. The van der Waals surface area contributed by atoms with E-state index in [1.165, 1.54) is 12.1 Å². The highest BCUT2D eigenvalue weighted by molar-refractivity contribution is 5.96. The summed E-state index contributed by atoms with van der Waals surface area (Å²) < 4.78 is 41.5. The number of halogens is 3. The Bertz CT molecular complexity index is 837. The van der Waals surface area contributed by atoms with E-state index in [0.717, 1.165) is 17.7 Å². The van der Waals surface area contributed by atoms with Gasteiger partial charge in [-0.25, -0.2) is 4.79 Å². The van der Waals surface area contributed by atoms with Crippen LogP contribution < -0.4 is 10.6 Å². The van der Waals surface area contributed by atoms with Gasteiger partial charge in [-0.15, -0.1) is 0 Å². The quantitative estimate of drug-likeness (QED) is 0.737. The molecule has 148 valence electrons. The van der Waals surface area contributed by atoms with Crippen molar-refractivity contribution in [2.24, 2.45) is 0 Å². The molecule has 0 spiro atoms. The molecule has 2 N–H and O–H groups in total. The first-order valence-electron chi connectivity index (χ1n) is 8.16. The van der Waals surface area contributed by atoms with E-state index in [1.807, 2.05) is 30.3 Å². The van der Waals surface area contributed by atoms with Gasteiger partial charge in [0.05, 0.1) is 11.6 Å². The van der Waals surface area contributed by atoms with Gasteiger partial charge in [0.1, 0.15) is 0 Å². The number of anilines is 1. The number of nitrogens with one attached hydrogen (secondary N) is 2. The zero-order chi connectivity index (χ0) is 20.7. The Balaban J connectivity index is 1.84. The normalized spacial score (nSPS) is 12.0. The molecule has 2 aromatic rings. The van der Waals surface area contributed by atoms with Gasteiger partial charge in [-0.2, -0.15) is 13.2 Å². The summed E-state index contributed by atoms with van der Waals surface area (Å²) in [6, 6.07) is 13.5. The molecule has 9 heteroatoms. The Morgan fingerprint density at radius 2 is 1.61 bits per heavy atom. The van der Waals surface area contributed by atoms with E-state index < -0.39 is 30.6 Å². The van der Waals surface area contributed by atoms with E-state index in [4.69, 9.17) is 4.74 Å². The van der Waals surface area contributed by atoms with Crippen LogP contribution >= 0.6 is 0 Å². The maximum atomic E-state index is 12.2. The molecular weight excluding hydrogens is 377 g/mol. The third-order valence-corrected chi connectivity index (χ3v) is 3.65. The molecule has 0 fully saturated rings. The standard InChI is InChI=1S/C19H17F3N2O4/c1-12(13-5-3-2-4-6-13)23-16(25)11-28-17(26)14-7-9-15(10-8-14)24-18(27)19(20,21)22/h2-10,12H,11H2,1H3,(H,23,25)(H,24,27)/t12-/m0/s1. The summed E-state index contributed by atoms with van der Waals surface area (Å²) in [4.78, 5) is 34.7. The molecule has 1 atom stereocenters. The molecule has 2 rings (SSSR count). The highest BCUT2D eigenvalue weighted by Crippen LogP contribution is 2.18. The number of hydrogen-bond donors (Lipinski definition) is 2. The minimum Gasteiger partial charge on any atom is -0.452 e. The fourth-order valence-corrected chi connectivity index (χ4v) is 2.21. The molecule has 2 amide bonds. The molecule has 0 heterocycles. The fraction of sp³-hybridized carbons (Fsp3) is 0.211. The first-order valence-corrected chi connectivity index (χ1v) is 8.16. The van der Waals surface area contributed by atoms with Crippen LogP contribution in [0.15, 0.2) is 54.6 Å². The lowest BCUT2D eigenvalue weighted by Gasteiger charge is -2.14. The van der Waals surface area contributed by atoms with Crippen molar-refractivity contribution in [3.8, 4) is 0 Å². The van der Waals surface area contributed by atoms with Gasteiger partial charge in [-0.3, -0.25) is 9.59 Å². The first kappa shape index (κ1) is 20.9. The summed E-state index contributed by atoms with van der Waals surface area (Å²) in [7, 11) is 0. The summed E-state index contributed by atoms with van der Waals surface area (Å²) in [5, 5.41) is 4.33. The second-order valence-corrected chi connectivity index (χ2v) is 5.81. The van der Waals surface area contributed by atoms with Crippen LogP contribution in [0.5, 0.6) is 0 Å². The van der Waals surface area contributed by atoms with E-state index in [9.17, 15) is 27.6 Å². The van der Waals surface area contributed by atoms with Crippen LogP contribution in [-0.2, 0) is 14.3 Å². The lowest BCUT2D eigenvalue weighted by Crippen LogP contribution is -2.31. The third kappa shape index (κ3) is 6.11. The van der Waals surface area contributed by atoms with Gasteiger partial charge < -0.3 is 15.4 Å². The van der Waals surface area contributed by atoms with Gasteiger partial charge in [0, 0.05) is 5.69 Å². The predicted octanol–water partition coefficient (Wildman–Crippen LogP) is 3.22. The maximum absolute atomic E-state index is 12.2. The largest absolute Gasteiger partial charge is 0.471 e. The van der Waals surface area contributed by atoms with Crippen LogP contribution in [0, 0.1) is 0 Å². The topological polar surface area (TPSA) is 84.5 Å². The van der Waals surface area contributed by atoms with Crippen molar-refractivity contribution in [2.45, 2.75) is 19.1 Å². The minimum atomic E-state index is -5.01. The average Bonchev–Trinajstić information content (AvgIpc) is 2.66. The van der Waals surface area contributed by atoms with E-state index in [2.05, 4.69) is 5.32 Å². The van der Waals surface area contributed by atoms with Crippen molar-refractivity contribution >= 4 is 23.5 Å². The summed E-state index contributed by atoms with van der Waals surface area (Å²) >= 11 is 0. The number of rotatable bonds is 6. The second kappa shape index (κ2) is 9.03. The van der Waals surface area contributed by atoms with Crippen LogP contribution in [-0.4, -0.2) is 30.6 Å². The Morgan fingerprint density at radius 3 is 2.18 bits per heavy atom. The number of benzene rings is 2. The first-order chi connectivity index (χ1) is 13.2. The van der Waals surface area contributed by atoms with Gasteiger partial charge in [0.25, 0.3) is 5.91 Å². The molecule has 0 bridgehead atoms. The van der Waals surface area contributed by atoms with E-state index in [1.54, 1.807) is 12.2 Å². The zero-order valence-corrected chi connectivity index (χ0v) is 14.7. The third-order valence-electron chi connectivity index (χ3n) is 3.65. The molecule has 6 nitrogen and oxygen atoms in total. The molecule has 0 saturated carbocycles. The molecule has 0 radical (unpaired) electrons. The Kier molecular flexibility index (Phi) is 6.75. The van der Waals surface area contributed by atoms with Gasteiger partial charge in [0.2, 0.25) is 0 Å². The number of amides is 2. The fourth-order valence-electron chi connectivity index (χ4n) is 2.21. The Morgan fingerprint density at radius 1 is 1.00 bits per heavy atom. The maximum Gasteiger partial charge on any atom is 0.471 e. The molecule has 0 aliphatic carbocycles. The number of carbonyl (C=O) groups is 3. The Labute approximate surface area is 158 Å². The van der Waals surface area contributed by atoms with Crippen molar-refractivity contribution in [1.82, 2.24) is 5.32 Å². The highest BCUT2D eigenvalue weighted by Gasteiger charge is 2.38. The lowest BCUT2D eigenvalue weighted by atomic mass is 10.1. The monoisotopic (exact) mass is 394 g/mol. The number of hydrogen-bond acceptors (Lipinski definition) is 4. The number of ether oxygens (including phenoxy) is 1. The van der Waals surface area contributed by atoms with Crippen LogP contribution in [0.2, 0.25) is 0 Å². The minimum absolute atomic E-state index is 0.0221. The van der Waals surface area contributed by atoms with Crippen LogP contribution in [0.4, 0.5) is 18.9 Å². The Hall–Kier alpha value is -3.36. The molecule has 0 aliphatic heterocycles. The van der Waals surface area contributed by atoms with Gasteiger partial charge in [-0.05, 0) is 36.8 Å². The van der Waals surface area contributed by atoms with E-state index in [-0.39, 0.29) is 17.3 Å². The summed E-state index contributed by atoms with van der Waals surface area (Å²) in [5.74, 6) is -3.44. The molecule has 2 aromatic carbocycles. The van der Waals surface area contributed by atoms with Crippen LogP contribution in [0.25, 0.3) is 0 Å². The molecule has 0 unspecified atom stereocenters. The van der Waals surface area contributed by atoms with Gasteiger partial charge in [-0.1, -0.05) is 30.3 Å². The molecule has 0 aliphatic rings. The average molecular weight is 394 g/mol. The SMILES string of the molecule is C[C@H](NC(=O)COC(=O)c1ccc(NC(=O)C(F)(F)F)cc1)c1ccccc1. The van der Waals surface area contributed by atoms with Crippen LogP contribution in [0.3, 0.4) is 0 Å². The van der Waals surface area contributed by atoms with Gasteiger partial charge in [0.15, 0.2) is 6.61 Å². The summed E-state index contributed by atoms with van der Waals surface area (Å²) in [6.07, 6.45) is -5.01. The zero-order valence-electron chi connectivity index (χ0n) is 14.7. The molecule has 28 heavy (non-hydrogen) atoms. The summed E-state index contributed by atoms with van der Waals surface area (Å²) in [6.45, 7) is 1.27. The molecule has 0 saturated heterocycles. The summed E-state index contributed by atoms with van der Waals surface area (Å²) in [5.41, 5.74) is 0.779. The number of alkyl halides is 3. The molecular formula is C19H17F3N2O4. The van der Waals surface area contributed by atoms with Crippen LogP contribution in [0.1, 0.15) is 28.9 Å². The predicted molar refractivity (Wildman–Crippen MR) is 94.4 cm³/mol. The highest BCUT2D eigenvalue weighted by atomic mass is 19.4. The van der Waals surface area contributed by atoms with Crippen molar-refractivity contribution in [3.63, 3.8) is 0 Å². The number of carbonyl (C=O) groups excluding carboxylic acids is 3. The van der Waals surface area contributed by atoms with Gasteiger partial charge >= 0.3 is 18.1 Å². The van der Waals surface area contributed by atoms with E-state index >= 15 is 0 Å². The van der Waals surface area contributed by atoms with Crippen molar-refractivity contribution in [1.29, 1.82) is 0 Å². The molecule has 0 aromatic heterocycles. The van der Waals surface area contributed by atoms with E-state index in [0.29, 0.717) is 0 Å².